The van der Waals surface area contributed by atoms with Crippen molar-refractivity contribution in [3.05, 3.63) is 45.5 Å². The summed E-state index contributed by atoms with van der Waals surface area (Å²) in [5, 5.41) is 20.0. The Balaban J connectivity index is 1.58. The maximum atomic E-state index is 13.2. The Kier molecular flexibility index (Phi) is 5.46. The predicted molar refractivity (Wildman–Crippen MR) is 105 cm³/mol. The Bertz CT molecular complexity index is 926. The number of carbonyl (C=O) groups is 1. The number of aromatic nitrogens is 3. The summed E-state index contributed by atoms with van der Waals surface area (Å²) >= 11 is 0. The minimum Gasteiger partial charge on any atom is -0.496 e. The van der Waals surface area contributed by atoms with Crippen molar-refractivity contribution in [1.29, 1.82) is 0 Å². The van der Waals surface area contributed by atoms with E-state index in [1.807, 2.05) is 0 Å². The van der Waals surface area contributed by atoms with Crippen LogP contribution in [0.3, 0.4) is 0 Å². The molecule has 1 aromatic heterocycles. The quantitative estimate of drug-likeness (QED) is 0.578. The second-order valence-corrected chi connectivity index (χ2v) is 7.67. The predicted octanol–water partition coefficient (Wildman–Crippen LogP) is 2.94. The van der Waals surface area contributed by atoms with E-state index >= 15 is 0 Å². The lowest BCUT2D eigenvalue weighted by molar-refractivity contribution is -0.384. The van der Waals surface area contributed by atoms with E-state index in [1.54, 1.807) is 4.90 Å². The molecular weight excluding hydrogens is 374 g/mol. The average Bonchev–Trinajstić information content (AvgIpc) is 3.01. The summed E-state index contributed by atoms with van der Waals surface area (Å²) in [5.74, 6) is 2.23. The van der Waals surface area contributed by atoms with Crippen LogP contribution < -0.4 is 4.74 Å². The highest BCUT2D eigenvalue weighted by Crippen LogP contribution is 2.31. The monoisotopic (exact) mass is 399 g/mol. The van der Waals surface area contributed by atoms with Gasteiger partial charge in [-0.2, -0.15) is 0 Å². The summed E-state index contributed by atoms with van der Waals surface area (Å²) in [6, 6.07) is 4.12. The van der Waals surface area contributed by atoms with E-state index in [0.29, 0.717) is 18.8 Å². The smallest absolute Gasteiger partial charge is 0.270 e. The van der Waals surface area contributed by atoms with Crippen LogP contribution in [0.15, 0.2) is 18.2 Å². The van der Waals surface area contributed by atoms with Crippen molar-refractivity contribution in [2.24, 2.45) is 0 Å². The molecule has 1 amide bonds. The molecule has 0 saturated carbocycles. The van der Waals surface area contributed by atoms with Gasteiger partial charge in [-0.15, -0.1) is 10.2 Å². The molecule has 0 bridgehead atoms. The van der Waals surface area contributed by atoms with Crippen LogP contribution in [0.1, 0.15) is 60.0 Å². The molecule has 29 heavy (non-hydrogen) atoms. The molecule has 1 unspecified atom stereocenters. The van der Waals surface area contributed by atoms with Crippen LogP contribution in [-0.4, -0.2) is 50.7 Å². The topological polar surface area (TPSA) is 103 Å². The van der Waals surface area contributed by atoms with Crippen LogP contribution in [-0.2, 0) is 13.0 Å². The number of amides is 1. The number of non-ortho nitro benzene ring substituents is 1. The first-order valence-corrected chi connectivity index (χ1v) is 10.1. The van der Waals surface area contributed by atoms with Crippen molar-refractivity contribution >= 4 is 11.6 Å². The molecule has 9 nitrogen and oxygen atoms in total. The molecule has 154 valence electrons. The molecule has 0 N–H and O–H groups in total. The number of methoxy groups -OCH3 is 1. The summed E-state index contributed by atoms with van der Waals surface area (Å²) in [4.78, 5) is 25.6. The van der Waals surface area contributed by atoms with E-state index in [2.05, 4.69) is 14.8 Å². The molecule has 1 saturated heterocycles. The van der Waals surface area contributed by atoms with E-state index in [-0.39, 0.29) is 23.1 Å². The molecule has 1 atom stereocenters. The normalized spacial score (nSPS) is 19.3. The molecule has 0 spiro atoms. The van der Waals surface area contributed by atoms with Gasteiger partial charge in [0.05, 0.1) is 17.6 Å². The van der Waals surface area contributed by atoms with Crippen LogP contribution in [0.4, 0.5) is 5.69 Å². The van der Waals surface area contributed by atoms with Gasteiger partial charge in [-0.25, -0.2) is 0 Å². The zero-order valence-corrected chi connectivity index (χ0v) is 16.5. The second kappa shape index (κ2) is 8.18. The molecule has 3 heterocycles. The van der Waals surface area contributed by atoms with Gasteiger partial charge in [-0.1, -0.05) is 6.42 Å². The van der Waals surface area contributed by atoms with Gasteiger partial charge in [-0.3, -0.25) is 14.9 Å². The van der Waals surface area contributed by atoms with Crippen molar-refractivity contribution in [3.8, 4) is 5.75 Å². The third kappa shape index (κ3) is 3.81. The van der Waals surface area contributed by atoms with Gasteiger partial charge in [-0.05, 0) is 31.7 Å². The van der Waals surface area contributed by atoms with Gasteiger partial charge in [0.15, 0.2) is 0 Å². The molecule has 9 heteroatoms. The Morgan fingerprint density at radius 2 is 2.07 bits per heavy atom. The second-order valence-electron chi connectivity index (χ2n) is 7.67. The van der Waals surface area contributed by atoms with Crippen molar-refractivity contribution in [2.75, 3.05) is 20.2 Å². The van der Waals surface area contributed by atoms with E-state index in [1.165, 1.54) is 31.7 Å². The van der Waals surface area contributed by atoms with Crippen molar-refractivity contribution in [1.82, 2.24) is 19.7 Å². The molecule has 2 aliphatic heterocycles. The van der Waals surface area contributed by atoms with Crippen LogP contribution in [0.25, 0.3) is 0 Å². The third-order valence-electron chi connectivity index (χ3n) is 5.84. The van der Waals surface area contributed by atoms with Crippen LogP contribution in [0.2, 0.25) is 0 Å². The summed E-state index contributed by atoms with van der Waals surface area (Å²) in [5.41, 5.74) is 0.105. The highest BCUT2D eigenvalue weighted by atomic mass is 16.6. The number of aryl methyl sites for hydroxylation is 1. The van der Waals surface area contributed by atoms with E-state index < -0.39 is 4.92 Å². The number of piperidine rings is 1. The van der Waals surface area contributed by atoms with Crippen molar-refractivity contribution in [2.45, 2.75) is 51.0 Å². The fourth-order valence-corrected chi connectivity index (χ4v) is 4.33. The molecular formula is C20H25N5O4. The highest BCUT2D eigenvalue weighted by molar-refractivity contribution is 5.97. The Morgan fingerprint density at radius 1 is 1.21 bits per heavy atom. The van der Waals surface area contributed by atoms with Crippen LogP contribution in [0, 0.1) is 10.1 Å². The number of hydrogen-bond donors (Lipinski definition) is 0. The summed E-state index contributed by atoms with van der Waals surface area (Å²) in [6.45, 7) is 2.08. The minimum atomic E-state index is -0.499. The number of nitro benzene ring substituents is 1. The summed E-state index contributed by atoms with van der Waals surface area (Å²) in [7, 11) is 1.46. The highest BCUT2D eigenvalue weighted by Gasteiger charge is 2.31. The minimum absolute atomic E-state index is 0.120. The first-order valence-electron chi connectivity index (χ1n) is 10.1. The zero-order valence-electron chi connectivity index (χ0n) is 16.5. The van der Waals surface area contributed by atoms with E-state index in [0.717, 1.165) is 50.3 Å². The maximum Gasteiger partial charge on any atom is 0.270 e. The SMILES string of the molecule is COc1ccc([N+](=O)[O-])cc1C(=O)N1CCCC(c2nnc3n2CCCCC3)C1. The Labute approximate surface area is 168 Å². The van der Waals surface area contributed by atoms with Gasteiger partial charge in [0, 0.05) is 44.1 Å². The number of benzene rings is 1. The zero-order chi connectivity index (χ0) is 20.4. The molecule has 1 aromatic carbocycles. The van der Waals surface area contributed by atoms with Crippen LogP contribution in [0.5, 0.6) is 5.75 Å². The van der Waals surface area contributed by atoms with Gasteiger partial charge in [0.25, 0.3) is 11.6 Å². The fraction of sp³-hybridized carbons (Fsp3) is 0.550. The number of carbonyl (C=O) groups excluding carboxylic acids is 1. The van der Waals surface area contributed by atoms with Crippen molar-refractivity contribution in [3.63, 3.8) is 0 Å². The number of likely N-dealkylation sites (tertiary alicyclic amines) is 1. The lowest BCUT2D eigenvalue weighted by atomic mass is 9.96. The summed E-state index contributed by atoms with van der Waals surface area (Å²) < 4.78 is 7.52. The van der Waals surface area contributed by atoms with Crippen molar-refractivity contribution < 1.29 is 14.5 Å². The first kappa shape index (κ1) is 19.4. The first-order chi connectivity index (χ1) is 14.1. The standard InChI is InChI=1S/C20H25N5O4/c1-29-17-9-8-15(25(27)28)12-16(17)20(26)23-10-5-6-14(13-23)19-22-21-18-7-3-2-4-11-24(18)19/h8-9,12,14H,2-7,10-11,13H2,1H3. The lowest BCUT2D eigenvalue weighted by Crippen LogP contribution is -2.40. The third-order valence-corrected chi connectivity index (χ3v) is 5.84. The lowest BCUT2D eigenvalue weighted by Gasteiger charge is -2.32. The van der Waals surface area contributed by atoms with Gasteiger partial charge >= 0.3 is 0 Å². The maximum absolute atomic E-state index is 13.2. The Hall–Kier alpha value is -2.97. The number of ether oxygens (including phenoxy) is 1. The van der Waals surface area contributed by atoms with Gasteiger partial charge < -0.3 is 14.2 Å². The largest absolute Gasteiger partial charge is 0.496 e. The summed E-state index contributed by atoms with van der Waals surface area (Å²) in [6.07, 6.45) is 6.22. The number of nitro groups is 1. The van der Waals surface area contributed by atoms with Gasteiger partial charge in [0.1, 0.15) is 17.4 Å². The van der Waals surface area contributed by atoms with Gasteiger partial charge in [0.2, 0.25) is 0 Å². The molecule has 2 aromatic rings. The number of nitrogens with zero attached hydrogens (tertiary/aromatic N) is 5. The number of hydrogen-bond acceptors (Lipinski definition) is 6. The van der Waals surface area contributed by atoms with E-state index in [9.17, 15) is 14.9 Å². The van der Waals surface area contributed by atoms with E-state index in [4.69, 9.17) is 4.74 Å². The number of fused-ring (bicyclic) bond motifs is 1. The average molecular weight is 399 g/mol. The van der Waals surface area contributed by atoms with Crippen LogP contribution >= 0.6 is 0 Å². The molecule has 2 aliphatic rings. The number of rotatable bonds is 4. The molecule has 0 radical (unpaired) electrons. The Morgan fingerprint density at radius 3 is 2.86 bits per heavy atom. The fourth-order valence-electron chi connectivity index (χ4n) is 4.33. The molecule has 0 aliphatic carbocycles. The molecule has 1 fully saturated rings. The molecule has 4 rings (SSSR count).